The molecule has 0 radical (unpaired) electrons. The number of piperidine rings is 1. The Balaban J connectivity index is 1.59. The van der Waals surface area contributed by atoms with Crippen molar-refractivity contribution in [2.24, 2.45) is 5.92 Å². The van der Waals surface area contributed by atoms with Gasteiger partial charge in [-0.25, -0.2) is 4.39 Å². The molecular weight excluding hydrogens is 271 g/mol. The Morgan fingerprint density at radius 2 is 2.19 bits per heavy atom. The number of hydrogen-bond acceptors (Lipinski definition) is 3. The molecule has 0 N–H and O–H groups in total. The van der Waals surface area contributed by atoms with Gasteiger partial charge in [-0.1, -0.05) is 6.07 Å². The number of para-hydroxylation sites is 1. The predicted octanol–water partition coefficient (Wildman–Crippen LogP) is 2.73. The van der Waals surface area contributed by atoms with Crippen molar-refractivity contribution >= 4 is 22.6 Å². The minimum atomic E-state index is -0.383. The Hall–Kier alpha value is -1.88. The lowest BCUT2D eigenvalue weighted by Gasteiger charge is -2.25. The van der Waals surface area contributed by atoms with Crippen LogP contribution in [0.3, 0.4) is 0 Å². The maximum atomic E-state index is 13.7. The van der Waals surface area contributed by atoms with Gasteiger partial charge in [-0.15, -0.1) is 0 Å². The largest absolute Gasteiger partial charge is 0.459 e. The summed E-state index contributed by atoms with van der Waals surface area (Å²) in [6.07, 6.45) is 5.02. The lowest BCUT2D eigenvalue weighted by molar-refractivity contribution is -0.120. The van der Waals surface area contributed by atoms with Gasteiger partial charge < -0.3 is 4.42 Å². The zero-order chi connectivity index (χ0) is 14.1. The van der Waals surface area contributed by atoms with Crippen molar-refractivity contribution in [3.05, 3.63) is 30.3 Å². The topological polar surface area (TPSA) is 36.7 Å². The first kappa shape index (κ1) is 11.7. The fraction of sp³-hybridized carbons (Fsp3) is 0.438. The van der Waals surface area contributed by atoms with Gasteiger partial charge in [-0.05, 0) is 37.3 Å². The van der Waals surface area contributed by atoms with E-state index in [0.29, 0.717) is 29.7 Å². The van der Waals surface area contributed by atoms with Crippen LogP contribution < -0.4 is 4.90 Å². The van der Waals surface area contributed by atoms with Crippen molar-refractivity contribution < 1.29 is 13.6 Å². The molecule has 2 bridgehead atoms. The highest BCUT2D eigenvalue weighted by Gasteiger charge is 2.55. The van der Waals surface area contributed by atoms with Gasteiger partial charge in [0.1, 0.15) is 6.26 Å². The van der Waals surface area contributed by atoms with E-state index in [1.807, 2.05) is 6.07 Å². The van der Waals surface area contributed by atoms with E-state index in [9.17, 15) is 9.18 Å². The molecule has 3 aliphatic rings. The molecule has 0 spiro atoms. The number of fused-ring (bicyclic) bond motifs is 6. The predicted molar refractivity (Wildman–Crippen MR) is 75.3 cm³/mol. The molecule has 1 saturated carbocycles. The third kappa shape index (κ3) is 1.39. The standard InChI is InChI=1S/C16H15FN2O2/c17-12-3-1-2-11-13(7-21-15(11)12)19-8-18-10-5-4-9(6-10)14(18)16(19)20/h1-3,7,9-10,14H,4-6,8H2/t9?,10?,14-/m1/s1. The van der Waals surface area contributed by atoms with Crippen LogP contribution >= 0.6 is 0 Å². The number of furan rings is 1. The van der Waals surface area contributed by atoms with Crippen LogP contribution in [-0.2, 0) is 4.79 Å². The molecule has 21 heavy (non-hydrogen) atoms. The first-order valence-corrected chi connectivity index (χ1v) is 7.47. The minimum Gasteiger partial charge on any atom is -0.459 e. The molecule has 1 aromatic carbocycles. The van der Waals surface area contributed by atoms with Gasteiger partial charge >= 0.3 is 0 Å². The number of hydrogen-bond donors (Lipinski definition) is 0. The van der Waals surface area contributed by atoms with E-state index in [1.165, 1.54) is 18.8 Å². The van der Waals surface area contributed by atoms with E-state index < -0.39 is 0 Å². The van der Waals surface area contributed by atoms with Gasteiger partial charge in [0, 0.05) is 11.4 Å². The molecule has 2 unspecified atom stereocenters. The van der Waals surface area contributed by atoms with Crippen LogP contribution in [0.25, 0.3) is 11.0 Å². The van der Waals surface area contributed by atoms with Crippen LogP contribution in [0.1, 0.15) is 19.3 Å². The van der Waals surface area contributed by atoms with E-state index in [0.717, 1.165) is 12.8 Å². The normalized spacial score (nSPS) is 31.6. The summed E-state index contributed by atoms with van der Waals surface area (Å²) in [5.41, 5.74) is 0.929. The summed E-state index contributed by atoms with van der Waals surface area (Å²) in [5, 5.41) is 0.678. The SMILES string of the molecule is O=C1[C@H]2C3CCC(C3)N2CN1c1coc2c(F)cccc12. The van der Waals surface area contributed by atoms with Crippen LogP contribution in [0.2, 0.25) is 0 Å². The number of halogens is 1. The first-order valence-electron chi connectivity index (χ1n) is 7.47. The summed E-state index contributed by atoms with van der Waals surface area (Å²) in [4.78, 5) is 16.8. The molecule has 108 valence electrons. The Morgan fingerprint density at radius 1 is 1.29 bits per heavy atom. The van der Waals surface area contributed by atoms with Gasteiger partial charge in [0.25, 0.3) is 0 Å². The van der Waals surface area contributed by atoms with E-state index in [2.05, 4.69) is 4.90 Å². The van der Waals surface area contributed by atoms with E-state index in [4.69, 9.17) is 4.42 Å². The smallest absolute Gasteiger partial charge is 0.245 e. The summed E-state index contributed by atoms with van der Waals surface area (Å²) < 4.78 is 19.1. The van der Waals surface area contributed by atoms with Crippen molar-refractivity contribution in [3.63, 3.8) is 0 Å². The monoisotopic (exact) mass is 286 g/mol. The molecule has 2 aliphatic heterocycles. The number of nitrogens with zero attached hydrogens (tertiary/aromatic N) is 2. The molecule has 2 aromatic rings. The number of amides is 1. The Kier molecular flexibility index (Phi) is 2.16. The number of benzene rings is 1. The molecule has 1 aliphatic carbocycles. The average molecular weight is 286 g/mol. The summed E-state index contributed by atoms with van der Waals surface area (Å²) in [7, 11) is 0. The second-order valence-electron chi connectivity index (χ2n) is 6.33. The molecule has 2 saturated heterocycles. The molecule has 1 amide bonds. The fourth-order valence-electron chi connectivity index (χ4n) is 4.43. The molecule has 3 atom stereocenters. The zero-order valence-corrected chi connectivity index (χ0v) is 11.5. The van der Waals surface area contributed by atoms with Crippen LogP contribution in [0, 0.1) is 11.7 Å². The lowest BCUT2D eigenvalue weighted by Crippen LogP contribution is -2.38. The van der Waals surface area contributed by atoms with Gasteiger partial charge in [0.05, 0.1) is 18.4 Å². The highest BCUT2D eigenvalue weighted by molar-refractivity contribution is 6.06. The first-order chi connectivity index (χ1) is 10.2. The third-order valence-corrected chi connectivity index (χ3v) is 5.36. The van der Waals surface area contributed by atoms with Crippen molar-refractivity contribution in [1.29, 1.82) is 0 Å². The fourth-order valence-corrected chi connectivity index (χ4v) is 4.43. The maximum Gasteiger partial charge on any atom is 0.245 e. The number of carbonyl (C=O) groups excluding carboxylic acids is 1. The van der Waals surface area contributed by atoms with Crippen LogP contribution in [0.15, 0.2) is 28.9 Å². The number of anilines is 1. The van der Waals surface area contributed by atoms with Crippen molar-refractivity contribution in [2.75, 3.05) is 11.6 Å². The molecule has 5 rings (SSSR count). The second-order valence-corrected chi connectivity index (χ2v) is 6.33. The molecule has 3 fully saturated rings. The number of rotatable bonds is 1. The van der Waals surface area contributed by atoms with E-state index in [-0.39, 0.29) is 23.3 Å². The minimum absolute atomic E-state index is 0.0299. The molecule has 1 aromatic heterocycles. The zero-order valence-electron chi connectivity index (χ0n) is 11.5. The van der Waals surface area contributed by atoms with Crippen LogP contribution in [-0.4, -0.2) is 29.6 Å². The van der Waals surface area contributed by atoms with Gasteiger partial charge in [0.15, 0.2) is 11.4 Å². The Bertz CT molecular complexity index is 756. The third-order valence-electron chi connectivity index (χ3n) is 5.36. The van der Waals surface area contributed by atoms with Crippen molar-refractivity contribution in [3.8, 4) is 0 Å². The van der Waals surface area contributed by atoms with Crippen molar-refractivity contribution in [2.45, 2.75) is 31.3 Å². The lowest BCUT2D eigenvalue weighted by atomic mass is 9.99. The quantitative estimate of drug-likeness (QED) is 0.809. The average Bonchev–Trinajstić information content (AvgIpc) is 3.20. The molecule has 4 nitrogen and oxygen atoms in total. The summed E-state index contributed by atoms with van der Waals surface area (Å²) in [6, 6.07) is 5.41. The Labute approximate surface area is 121 Å². The Morgan fingerprint density at radius 3 is 3.05 bits per heavy atom. The molecular formula is C16H15FN2O2. The van der Waals surface area contributed by atoms with Gasteiger partial charge in [-0.3, -0.25) is 14.6 Å². The maximum absolute atomic E-state index is 13.7. The molecule has 3 heterocycles. The highest BCUT2D eigenvalue weighted by Crippen LogP contribution is 2.47. The highest BCUT2D eigenvalue weighted by atomic mass is 19.1. The van der Waals surface area contributed by atoms with Gasteiger partial charge in [0.2, 0.25) is 5.91 Å². The van der Waals surface area contributed by atoms with Crippen molar-refractivity contribution in [1.82, 2.24) is 4.90 Å². The summed E-state index contributed by atoms with van der Waals surface area (Å²) >= 11 is 0. The summed E-state index contributed by atoms with van der Waals surface area (Å²) in [5.74, 6) is 0.266. The molecule has 5 heteroatoms. The summed E-state index contributed by atoms with van der Waals surface area (Å²) in [6.45, 7) is 0.607. The van der Waals surface area contributed by atoms with Gasteiger partial charge in [-0.2, -0.15) is 0 Å². The number of carbonyl (C=O) groups is 1. The second kappa shape index (κ2) is 3.85. The van der Waals surface area contributed by atoms with E-state index in [1.54, 1.807) is 11.0 Å². The van der Waals surface area contributed by atoms with E-state index >= 15 is 0 Å². The van der Waals surface area contributed by atoms with Crippen LogP contribution in [0.5, 0.6) is 0 Å². The van der Waals surface area contributed by atoms with Crippen LogP contribution in [0.4, 0.5) is 10.1 Å².